The number of carbonyl (C=O) groups is 1. The van der Waals surface area contributed by atoms with Gasteiger partial charge in [-0.3, -0.25) is 9.69 Å². The third-order valence-corrected chi connectivity index (χ3v) is 5.62. The van der Waals surface area contributed by atoms with Crippen LogP contribution in [0.25, 0.3) is 16.7 Å². The summed E-state index contributed by atoms with van der Waals surface area (Å²) in [6.45, 7) is 2.68. The van der Waals surface area contributed by atoms with Gasteiger partial charge < -0.3 is 9.84 Å². The third kappa shape index (κ3) is 5.34. The molecule has 0 saturated carbocycles. The summed E-state index contributed by atoms with van der Waals surface area (Å²) in [7, 11) is 3.48. The highest BCUT2D eigenvalue weighted by Crippen LogP contribution is 2.31. The fraction of sp³-hybridized carbons (Fsp3) is 0.208. The van der Waals surface area contributed by atoms with E-state index in [1.807, 2.05) is 25.2 Å². The Kier molecular flexibility index (Phi) is 6.86. The number of rotatable bonds is 8. The first-order chi connectivity index (χ1) is 14.0. The lowest BCUT2D eigenvalue weighted by atomic mass is 9.95. The first kappa shape index (κ1) is 20.8. The van der Waals surface area contributed by atoms with Crippen molar-refractivity contribution in [2.24, 2.45) is 0 Å². The lowest BCUT2D eigenvalue weighted by Gasteiger charge is -2.14. The van der Waals surface area contributed by atoms with E-state index in [0.717, 1.165) is 28.0 Å². The summed E-state index contributed by atoms with van der Waals surface area (Å²) in [4.78, 5) is 12.7. The molecule has 1 heterocycles. The molecule has 0 aliphatic heterocycles. The molecule has 1 aromatic heterocycles. The number of aliphatic carboxylic acids is 1. The Labute approximate surface area is 175 Å². The number of hydrogen-bond donors (Lipinski definition) is 1. The first-order valence-electron chi connectivity index (χ1n) is 9.36. The Hall–Kier alpha value is -2.89. The molecule has 3 rings (SSSR count). The number of carboxylic acid groups (broad SMARTS) is 1. The van der Waals surface area contributed by atoms with Crippen molar-refractivity contribution < 1.29 is 14.6 Å². The highest BCUT2D eigenvalue weighted by atomic mass is 32.1. The van der Waals surface area contributed by atoms with Gasteiger partial charge in [0.15, 0.2) is 0 Å². The van der Waals surface area contributed by atoms with Gasteiger partial charge >= 0.3 is 5.97 Å². The molecule has 0 aliphatic rings. The minimum absolute atomic E-state index is 0.0151. The van der Waals surface area contributed by atoms with Crippen molar-refractivity contribution in [2.45, 2.75) is 6.92 Å². The molecule has 0 fully saturated rings. The van der Waals surface area contributed by atoms with Crippen LogP contribution in [0.4, 0.5) is 0 Å². The minimum atomic E-state index is -0.822. The van der Waals surface area contributed by atoms with Gasteiger partial charge in [0.25, 0.3) is 0 Å². The zero-order valence-electron chi connectivity index (χ0n) is 16.9. The Morgan fingerprint density at radius 2 is 1.90 bits per heavy atom. The summed E-state index contributed by atoms with van der Waals surface area (Å²) >= 11 is 1.68. The molecular weight excluding hydrogens is 382 g/mol. The maximum atomic E-state index is 11.0. The van der Waals surface area contributed by atoms with Crippen molar-refractivity contribution in [1.82, 2.24) is 4.90 Å². The van der Waals surface area contributed by atoms with Gasteiger partial charge in [0.1, 0.15) is 5.75 Å². The summed E-state index contributed by atoms with van der Waals surface area (Å²) in [5.74, 6) is 0.0133. The monoisotopic (exact) mass is 407 g/mol. The number of benzene rings is 2. The second-order valence-corrected chi connectivity index (χ2v) is 7.73. The second kappa shape index (κ2) is 9.54. The molecule has 5 heteroatoms. The fourth-order valence-electron chi connectivity index (χ4n) is 3.21. The second-order valence-electron chi connectivity index (χ2n) is 6.99. The smallest absolute Gasteiger partial charge is 0.317 e. The highest BCUT2D eigenvalue weighted by Gasteiger charge is 2.11. The van der Waals surface area contributed by atoms with Crippen molar-refractivity contribution in [2.75, 3.05) is 27.2 Å². The predicted octanol–water partition coefficient (Wildman–Crippen LogP) is 5.18. The normalized spacial score (nSPS) is 11.7. The van der Waals surface area contributed by atoms with Gasteiger partial charge in [-0.25, -0.2) is 0 Å². The minimum Gasteiger partial charge on any atom is -0.497 e. The molecule has 0 atom stereocenters. The standard InChI is InChI=1S/C24H25NO3S/c1-17-15-29-16-23(17)22(11-12-25(2)14-24(26)27)19-9-7-18(8-10-19)20-5-4-6-21(13-20)28-3/h4-11,13,15-16H,12,14H2,1-3H3,(H,26,27). The number of methoxy groups -OCH3 is 1. The SMILES string of the molecule is COc1cccc(-c2ccc(C(=CCN(C)CC(=O)O)c3cscc3C)cc2)c1. The van der Waals surface area contributed by atoms with E-state index in [4.69, 9.17) is 9.84 Å². The molecule has 0 saturated heterocycles. The lowest BCUT2D eigenvalue weighted by Crippen LogP contribution is -2.25. The fourth-order valence-corrected chi connectivity index (χ4v) is 4.06. The molecule has 2 aromatic carbocycles. The number of aryl methyl sites for hydroxylation is 1. The van der Waals surface area contributed by atoms with Crippen molar-refractivity contribution in [3.8, 4) is 16.9 Å². The maximum absolute atomic E-state index is 11.0. The van der Waals surface area contributed by atoms with Crippen molar-refractivity contribution in [3.63, 3.8) is 0 Å². The molecular formula is C24H25NO3S. The number of carboxylic acids is 1. The van der Waals surface area contributed by atoms with Crippen LogP contribution < -0.4 is 4.74 Å². The Morgan fingerprint density at radius 1 is 1.14 bits per heavy atom. The molecule has 3 aromatic rings. The zero-order chi connectivity index (χ0) is 20.8. The molecule has 0 bridgehead atoms. The van der Waals surface area contributed by atoms with Gasteiger partial charge in [0, 0.05) is 6.54 Å². The van der Waals surface area contributed by atoms with Gasteiger partial charge in [0.2, 0.25) is 0 Å². The summed E-state index contributed by atoms with van der Waals surface area (Å²) in [6, 6.07) is 16.5. The van der Waals surface area contributed by atoms with Gasteiger partial charge in [-0.1, -0.05) is 42.5 Å². The third-order valence-electron chi connectivity index (χ3n) is 4.76. The van der Waals surface area contributed by atoms with Gasteiger partial charge in [0.05, 0.1) is 13.7 Å². The lowest BCUT2D eigenvalue weighted by molar-refractivity contribution is -0.137. The number of nitrogens with zero attached hydrogens (tertiary/aromatic N) is 1. The van der Waals surface area contributed by atoms with E-state index in [9.17, 15) is 4.79 Å². The van der Waals surface area contributed by atoms with Crippen LogP contribution >= 0.6 is 11.3 Å². The van der Waals surface area contributed by atoms with Crippen LogP contribution in [0.15, 0.2) is 65.4 Å². The van der Waals surface area contributed by atoms with Crippen molar-refractivity contribution in [3.05, 3.63) is 82.1 Å². The average Bonchev–Trinajstić information content (AvgIpc) is 3.14. The summed E-state index contributed by atoms with van der Waals surface area (Å²) in [5, 5.41) is 13.3. The van der Waals surface area contributed by atoms with Crippen LogP contribution in [0.1, 0.15) is 16.7 Å². The van der Waals surface area contributed by atoms with Crippen molar-refractivity contribution in [1.29, 1.82) is 0 Å². The van der Waals surface area contributed by atoms with E-state index in [0.29, 0.717) is 6.54 Å². The van der Waals surface area contributed by atoms with Crippen molar-refractivity contribution >= 4 is 22.9 Å². The van der Waals surface area contributed by atoms with E-state index >= 15 is 0 Å². The van der Waals surface area contributed by atoms with E-state index in [1.54, 1.807) is 23.3 Å². The zero-order valence-corrected chi connectivity index (χ0v) is 17.7. The Bertz CT molecular complexity index is 1000. The number of hydrogen-bond acceptors (Lipinski definition) is 4. The molecule has 0 unspecified atom stereocenters. The van der Waals surface area contributed by atoms with Crippen LogP contribution in [-0.4, -0.2) is 43.2 Å². The van der Waals surface area contributed by atoms with E-state index < -0.39 is 5.97 Å². The molecule has 1 N–H and O–H groups in total. The molecule has 150 valence electrons. The predicted molar refractivity (Wildman–Crippen MR) is 120 cm³/mol. The van der Waals surface area contributed by atoms with Gasteiger partial charge in [-0.05, 0) is 70.3 Å². The highest BCUT2D eigenvalue weighted by molar-refractivity contribution is 7.08. The molecule has 0 spiro atoms. The molecule has 0 amide bonds. The molecule has 0 aliphatic carbocycles. The Balaban J connectivity index is 1.91. The summed E-state index contributed by atoms with van der Waals surface area (Å²) < 4.78 is 5.33. The number of thiophene rings is 1. The quantitative estimate of drug-likeness (QED) is 0.559. The number of ether oxygens (including phenoxy) is 1. The molecule has 4 nitrogen and oxygen atoms in total. The van der Waals surface area contributed by atoms with E-state index in [1.165, 1.54) is 11.1 Å². The van der Waals surface area contributed by atoms with E-state index in [-0.39, 0.29) is 6.54 Å². The maximum Gasteiger partial charge on any atom is 0.317 e. The van der Waals surface area contributed by atoms with Crippen LogP contribution in [0.5, 0.6) is 5.75 Å². The topological polar surface area (TPSA) is 49.8 Å². The van der Waals surface area contributed by atoms with Crippen LogP contribution in [0.3, 0.4) is 0 Å². The summed E-state index contributed by atoms with van der Waals surface area (Å²) in [5.41, 5.74) is 6.87. The number of likely N-dealkylation sites (N-methyl/N-ethyl adjacent to an activating group) is 1. The van der Waals surface area contributed by atoms with Crippen LogP contribution in [0, 0.1) is 6.92 Å². The van der Waals surface area contributed by atoms with Gasteiger partial charge in [-0.2, -0.15) is 11.3 Å². The Morgan fingerprint density at radius 3 is 2.52 bits per heavy atom. The summed E-state index contributed by atoms with van der Waals surface area (Å²) in [6.07, 6.45) is 2.11. The largest absolute Gasteiger partial charge is 0.497 e. The first-order valence-corrected chi connectivity index (χ1v) is 10.3. The average molecular weight is 408 g/mol. The van der Waals surface area contributed by atoms with Crippen LogP contribution in [0.2, 0.25) is 0 Å². The molecule has 29 heavy (non-hydrogen) atoms. The van der Waals surface area contributed by atoms with Crippen LogP contribution in [-0.2, 0) is 4.79 Å². The van der Waals surface area contributed by atoms with E-state index in [2.05, 4.69) is 54.1 Å². The van der Waals surface area contributed by atoms with Gasteiger partial charge in [-0.15, -0.1) is 0 Å². The molecule has 0 radical (unpaired) electrons.